The summed E-state index contributed by atoms with van der Waals surface area (Å²) in [6.45, 7) is 0.531. The number of hydrogen-bond acceptors (Lipinski definition) is 6. The normalized spacial score (nSPS) is 10.1. The molecule has 2 aromatic rings. The van der Waals surface area contributed by atoms with Gasteiger partial charge in [0.2, 0.25) is 5.91 Å². The number of ether oxygens (including phenoxy) is 2. The average Bonchev–Trinajstić information content (AvgIpc) is 3.01. The van der Waals surface area contributed by atoms with Gasteiger partial charge < -0.3 is 14.8 Å². The zero-order valence-corrected chi connectivity index (χ0v) is 14.3. The summed E-state index contributed by atoms with van der Waals surface area (Å²) >= 11 is 1.24. The summed E-state index contributed by atoms with van der Waals surface area (Å²) in [7, 11) is 2.90. The van der Waals surface area contributed by atoms with E-state index in [2.05, 4.69) is 20.4 Å². The number of benzene rings is 1. The van der Waals surface area contributed by atoms with Crippen LogP contribution in [0.3, 0.4) is 0 Å². The van der Waals surface area contributed by atoms with Crippen molar-refractivity contribution in [1.29, 1.82) is 0 Å². The lowest BCUT2D eigenvalue weighted by atomic mass is 10.1. The van der Waals surface area contributed by atoms with Crippen molar-refractivity contribution in [1.82, 2.24) is 10.3 Å². The molecule has 0 atom stereocenters. The minimum absolute atomic E-state index is 0.118. The second-order valence-corrected chi connectivity index (χ2v) is 5.75. The number of methoxy groups -OCH3 is 2. The maximum Gasteiger partial charge on any atom is 0.413 e. The van der Waals surface area contributed by atoms with Gasteiger partial charge >= 0.3 is 6.09 Å². The molecule has 128 valence electrons. The van der Waals surface area contributed by atoms with Crippen molar-refractivity contribution in [3.05, 3.63) is 40.9 Å². The van der Waals surface area contributed by atoms with Gasteiger partial charge in [-0.15, -0.1) is 11.3 Å². The molecule has 0 aliphatic carbocycles. The summed E-state index contributed by atoms with van der Waals surface area (Å²) in [5.41, 5.74) is 1.69. The molecule has 1 aromatic carbocycles. The van der Waals surface area contributed by atoms with E-state index in [0.29, 0.717) is 17.4 Å². The Kier molecular flexibility index (Phi) is 6.56. The average molecular weight is 349 g/mol. The summed E-state index contributed by atoms with van der Waals surface area (Å²) in [5.74, 6) is 0.680. The Bertz CT molecular complexity index is 702. The Morgan fingerprint density at radius 1 is 1.29 bits per heavy atom. The third-order valence-electron chi connectivity index (χ3n) is 3.16. The summed E-state index contributed by atoms with van der Waals surface area (Å²) in [6.07, 6.45) is 0.297. The van der Waals surface area contributed by atoms with Gasteiger partial charge in [0.25, 0.3) is 0 Å². The number of carbonyl (C=O) groups is 2. The van der Waals surface area contributed by atoms with E-state index in [1.807, 2.05) is 24.3 Å². The minimum Gasteiger partial charge on any atom is -0.497 e. The van der Waals surface area contributed by atoms with E-state index in [1.165, 1.54) is 18.4 Å². The molecule has 2 amide bonds. The van der Waals surface area contributed by atoms with Gasteiger partial charge in [-0.2, -0.15) is 0 Å². The molecule has 7 nitrogen and oxygen atoms in total. The van der Waals surface area contributed by atoms with Crippen LogP contribution in [0, 0.1) is 0 Å². The molecule has 0 saturated carbocycles. The molecule has 0 bridgehead atoms. The lowest BCUT2D eigenvalue weighted by molar-refractivity contribution is -0.120. The zero-order chi connectivity index (χ0) is 17.4. The molecule has 0 aliphatic heterocycles. The number of aromatic nitrogens is 1. The summed E-state index contributed by atoms with van der Waals surface area (Å²) in [4.78, 5) is 27.2. The fourth-order valence-corrected chi connectivity index (χ4v) is 2.68. The Morgan fingerprint density at radius 2 is 2.12 bits per heavy atom. The first-order chi connectivity index (χ1) is 11.6. The first-order valence-corrected chi connectivity index (χ1v) is 8.17. The van der Waals surface area contributed by atoms with Crippen molar-refractivity contribution in [2.24, 2.45) is 0 Å². The molecule has 8 heteroatoms. The highest BCUT2D eigenvalue weighted by Crippen LogP contribution is 2.16. The number of carbonyl (C=O) groups excluding carboxylic acids is 2. The van der Waals surface area contributed by atoms with E-state index in [4.69, 9.17) is 4.74 Å². The van der Waals surface area contributed by atoms with Gasteiger partial charge in [-0.25, -0.2) is 9.78 Å². The number of nitrogens with one attached hydrogen (secondary N) is 2. The quantitative estimate of drug-likeness (QED) is 0.800. The van der Waals surface area contributed by atoms with E-state index in [0.717, 1.165) is 17.7 Å². The Balaban J connectivity index is 1.76. The van der Waals surface area contributed by atoms with E-state index in [1.54, 1.807) is 12.5 Å². The van der Waals surface area contributed by atoms with Crippen LogP contribution < -0.4 is 15.4 Å². The maximum atomic E-state index is 11.9. The van der Waals surface area contributed by atoms with Crippen LogP contribution in [0.25, 0.3) is 0 Å². The molecule has 0 saturated heterocycles. The molecule has 2 rings (SSSR count). The number of nitrogens with zero attached hydrogens (tertiary/aromatic N) is 1. The molecule has 2 N–H and O–H groups in total. The van der Waals surface area contributed by atoms with Crippen molar-refractivity contribution in [2.75, 3.05) is 26.1 Å². The highest BCUT2D eigenvalue weighted by Gasteiger charge is 2.09. The lowest BCUT2D eigenvalue weighted by Crippen LogP contribution is -2.27. The molecule has 0 fully saturated rings. The van der Waals surface area contributed by atoms with Gasteiger partial charge in [-0.1, -0.05) is 12.1 Å². The van der Waals surface area contributed by atoms with Crippen molar-refractivity contribution in [3.63, 3.8) is 0 Å². The fourth-order valence-electron chi connectivity index (χ4n) is 1.99. The van der Waals surface area contributed by atoms with E-state index < -0.39 is 6.09 Å². The van der Waals surface area contributed by atoms with Gasteiger partial charge in [0, 0.05) is 11.9 Å². The van der Waals surface area contributed by atoms with E-state index >= 15 is 0 Å². The molecule has 0 radical (unpaired) electrons. The second kappa shape index (κ2) is 8.88. The molecule has 1 heterocycles. The predicted octanol–water partition coefficient (Wildman–Crippen LogP) is 2.23. The lowest BCUT2D eigenvalue weighted by Gasteiger charge is -2.06. The molecular weight excluding hydrogens is 330 g/mol. The number of hydrogen-bond donors (Lipinski definition) is 2. The van der Waals surface area contributed by atoms with Crippen LogP contribution in [-0.4, -0.2) is 37.7 Å². The van der Waals surface area contributed by atoms with Crippen LogP contribution in [0.4, 0.5) is 9.93 Å². The highest BCUT2D eigenvalue weighted by molar-refractivity contribution is 7.13. The van der Waals surface area contributed by atoms with Gasteiger partial charge in [0.15, 0.2) is 5.13 Å². The SMILES string of the molecule is COC(=O)Nc1nc(CC(=O)NCCc2cccc(OC)c2)cs1. The molecular formula is C16H19N3O4S. The first kappa shape index (κ1) is 17.7. The molecule has 1 aromatic heterocycles. The number of amides is 2. The summed E-state index contributed by atoms with van der Waals surface area (Å²) < 4.78 is 9.65. The molecule has 0 aliphatic rings. The monoisotopic (exact) mass is 349 g/mol. The third kappa shape index (κ3) is 5.54. The Morgan fingerprint density at radius 3 is 2.88 bits per heavy atom. The zero-order valence-electron chi connectivity index (χ0n) is 13.5. The topological polar surface area (TPSA) is 89.5 Å². The van der Waals surface area contributed by atoms with E-state index in [9.17, 15) is 9.59 Å². The van der Waals surface area contributed by atoms with E-state index in [-0.39, 0.29) is 12.3 Å². The molecule has 24 heavy (non-hydrogen) atoms. The standard InChI is InChI=1S/C16H19N3O4S/c1-22-13-5-3-4-11(8-13)6-7-17-14(20)9-12-10-24-15(18-12)19-16(21)23-2/h3-5,8,10H,6-7,9H2,1-2H3,(H,17,20)(H,18,19,21). The summed E-state index contributed by atoms with van der Waals surface area (Å²) in [5, 5.41) is 7.45. The molecule has 0 spiro atoms. The molecule has 0 unspecified atom stereocenters. The second-order valence-electron chi connectivity index (χ2n) is 4.89. The maximum absolute atomic E-state index is 11.9. The Hall–Kier alpha value is -2.61. The van der Waals surface area contributed by atoms with Gasteiger partial charge in [0.05, 0.1) is 26.3 Å². The van der Waals surface area contributed by atoms with Crippen LogP contribution in [-0.2, 0) is 22.4 Å². The van der Waals surface area contributed by atoms with Crippen LogP contribution >= 0.6 is 11.3 Å². The van der Waals surface area contributed by atoms with Gasteiger partial charge in [-0.3, -0.25) is 10.1 Å². The van der Waals surface area contributed by atoms with Crippen molar-refractivity contribution in [2.45, 2.75) is 12.8 Å². The van der Waals surface area contributed by atoms with Crippen molar-refractivity contribution >= 4 is 28.5 Å². The summed E-state index contributed by atoms with van der Waals surface area (Å²) in [6, 6.07) is 7.72. The van der Waals surface area contributed by atoms with Crippen LogP contribution in [0.5, 0.6) is 5.75 Å². The highest BCUT2D eigenvalue weighted by atomic mass is 32.1. The smallest absolute Gasteiger partial charge is 0.413 e. The number of thiazole rings is 1. The third-order valence-corrected chi connectivity index (χ3v) is 3.96. The van der Waals surface area contributed by atoms with Crippen LogP contribution in [0.1, 0.15) is 11.3 Å². The minimum atomic E-state index is -0.585. The van der Waals surface area contributed by atoms with Crippen LogP contribution in [0.15, 0.2) is 29.6 Å². The van der Waals surface area contributed by atoms with Crippen molar-refractivity contribution in [3.8, 4) is 5.75 Å². The number of anilines is 1. The van der Waals surface area contributed by atoms with Gasteiger partial charge in [0.1, 0.15) is 5.75 Å². The fraction of sp³-hybridized carbons (Fsp3) is 0.312. The Labute approximate surface area is 144 Å². The number of rotatable bonds is 7. The first-order valence-electron chi connectivity index (χ1n) is 7.29. The predicted molar refractivity (Wildman–Crippen MR) is 91.6 cm³/mol. The van der Waals surface area contributed by atoms with Gasteiger partial charge in [-0.05, 0) is 24.1 Å². The largest absolute Gasteiger partial charge is 0.497 e. The van der Waals surface area contributed by atoms with Crippen LogP contribution in [0.2, 0.25) is 0 Å². The van der Waals surface area contributed by atoms with Crippen molar-refractivity contribution < 1.29 is 19.1 Å².